The van der Waals surface area contributed by atoms with Crippen molar-refractivity contribution in [1.29, 1.82) is 0 Å². The van der Waals surface area contributed by atoms with Crippen molar-refractivity contribution in [3.8, 4) is 0 Å². The lowest BCUT2D eigenvalue weighted by molar-refractivity contribution is -0.385. The Bertz CT molecular complexity index is 1270. The van der Waals surface area contributed by atoms with E-state index in [0.717, 1.165) is 24.8 Å². The molecule has 0 aliphatic heterocycles. The van der Waals surface area contributed by atoms with Crippen molar-refractivity contribution in [3.63, 3.8) is 0 Å². The van der Waals surface area contributed by atoms with Gasteiger partial charge in [0.2, 0.25) is 0 Å². The monoisotopic (exact) mass is 486 g/mol. The van der Waals surface area contributed by atoms with Crippen LogP contribution < -0.4 is 4.31 Å². The van der Waals surface area contributed by atoms with Crippen LogP contribution in [0.1, 0.15) is 41.3 Å². The third-order valence-electron chi connectivity index (χ3n) is 5.26. The van der Waals surface area contributed by atoms with Gasteiger partial charge in [-0.15, -0.1) is 0 Å². The molecule has 0 bridgehead atoms. The topological polar surface area (TPSA) is 97.6 Å². The SMILES string of the molecule is CCCCc1ccc(N(C(=O)c2cccc([N+](=O)[O-])c2C)S(=O)(=O)c2ccc(Cl)cc2)cc1. The van der Waals surface area contributed by atoms with Crippen LogP contribution in [-0.4, -0.2) is 19.2 Å². The summed E-state index contributed by atoms with van der Waals surface area (Å²) in [6.45, 7) is 3.50. The maximum absolute atomic E-state index is 13.6. The minimum Gasteiger partial charge on any atom is -0.268 e. The largest absolute Gasteiger partial charge is 0.273 e. The summed E-state index contributed by atoms with van der Waals surface area (Å²) in [5.74, 6) is -0.882. The fourth-order valence-electron chi connectivity index (χ4n) is 3.42. The highest BCUT2D eigenvalue weighted by atomic mass is 35.5. The Morgan fingerprint density at radius 3 is 2.24 bits per heavy atom. The number of benzene rings is 3. The summed E-state index contributed by atoms with van der Waals surface area (Å²) in [5, 5.41) is 11.7. The van der Waals surface area contributed by atoms with E-state index in [1.807, 2.05) is 0 Å². The van der Waals surface area contributed by atoms with Gasteiger partial charge in [0.25, 0.3) is 21.6 Å². The fraction of sp³-hybridized carbons (Fsp3) is 0.208. The van der Waals surface area contributed by atoms with Crippen LogP contribution in [0.15, 0.2) is 71.6 Å². The van der Waals surface area contributed by atoms with Crippen LogP contribution in [0.4, 0.5) is 11.4 Å². The second-order valence-corrected chi connectivity index (χ2v) is 9.73. The summed E-state index contributed by atoms with van der Waals surface area (Å²) in [7, 11) is -4.34. The second-order valence-electron chi connectivity index (χ2n) is 7.51. The molecule has 0 saturated heterocycles. The van der Waals surface area contributed by atoms with Crippen LogP contribution in [-0.2, 0) is 16.4 Å². The molecule has 0 heterocycles. The van der Waals surface area contributed by atoms with E-state index in [9.17, 15) is 23.3 Å². The fourth-order valence-corrected chi connectivity index (χ4v) is 4.95. The first-order chi connectivity index (χ1) is 15.7. The molecule has 3 aromatic carbocycles. The predicted octanol–water partition coefficient (Wildman–Crippen LogP) is 5.93. The standard InChI is InChI=1S/C24H23ClN2O5S/c1-3-4-6-18-9-13-20(14-10-18)26(33(31,32)21-15-11-19(25)12-16-21)24(28)22-7-5-8-23(17(22)2)27(29)30/h5,7-16H,3-4,6H2,1-2H3. The van der Waals surface area contributed by atoms with Gasteiger partial charge in [0, 0.05) is 16.7 Å². The minimum absolute atomic E-state index is 0.0724. The van der Waals surface area contributed by atoms with E-state index in [-0.39, 0.29) is 27.4 Å². The summed E-state index contributed by atoms with van der Waals surface area (Å²) in [6, 6.07) is 16.2. The molecule has 0 aliphatic rings. The van der Waals surface area contributed by atoms with Crippen molar-refractivity contribution < 1.29 is 18.1 Å². The Balaban J connectivity index is 2.15. The molecule has 1 amide bonds. The molecule has 0 N–H and O–H groups in total. The average molecular weight is 487 g/mol. The molecule has 9 heteroatoms. The van der Waals surface area contributed by atoms with E-state index in [1.165, 1.54) is 49.4 Å². The lowest BCUT2D eigenvalue weighted by Gasteiger charge is -2.24. The summed E-state index contributed by atoms with van der Waals surface area (Å²) in [6.07, 6.45) is 2.83. The van der Waals surface area contributed by atoms with Crippen LogP contribution in [0.25, 0.3) is 0 Å². The molecule has 0 atom stereocenters. The molecule has 0 fully saturated rings. The molecule has 0 aromatic heterocycles. The predicted molar refractivity (Wildman–Crippen MR) is 128 cm³/mol. The number of hydrogen-bond acceptors (Lipinski definition) is 5. The lowest BCUT2D eigenvalue weighted by Crippen LogP contribution is -2.37. The number of sulfonamides is 1. The smallest absolute Gasteiger partial charge is 0.268 e. The number of hydrogen-bond donors (Lipinski definition) is 0. The van der Waals surface area contributed by atoms with Gasteiger partial charge in [0.1, 0.15) is 0 Å². The highest BCUT2D eigenvalue weighted by Gasteiger charge is 2.33. The first-order valence-corrected chi connectivity index (χ1v) is 12.2. The normalized spacial score (nSPS) is 11.2. The van der Waals surface area contributed by atoms with Crippen molar-refractivity contribution in [2.45, 2.75) is 38.0 Å². The molecule has 33 heavy (non-hydrogen) atoms. The van der Waals surface area contributed by atoms with Gasteiger partial charge in [0.05, 0.1) is 21.1 Å². The zero-order valence-electron chi connectivity index (χ0n) is 18.2. The summed E-state index contributed by atoms with van der Waals surface area (Å²) in [5.41, 5.74) is 0.907. The number of carbonyl (C=O) groups excluding carboxylic acids is 1. The van der Waals surface area contributed by atoms with E-state index in [0.29, 0.717) is 9.33 Å². The quantitative estimate of drug-likeness (QED) is 0.290. The maximum atomic E-state index is 13.6. The Morgan fingerprint density at radius 1 is 1.03 bits per heavy atom. The number of unbranched alkanes of at least 4 members (excludes halogenated alkanes) is 1. The van der Waals surface area contributed by atoms with Crippen LogP contribution in [0.2, 0.25) is 5.02 Å². The molecule has 7 nitrogen and oxygen atoms in total. The molecule has 0 spiro atoms. The van der Waals surface area contributed by atoms with Crippen molar-refractivity contribution in [2.75, 3.05) is 4.31 Å². The number of amides is 1. The Kier molecular flexibility index (Phi) is 7.50. The number of carbonyl (C=O) groups is 1. The number of anilines is 1. The van der Waals surface area contributed by atoms with E-state index >= 15 is 0 Å². The molecule has 0 aliphatic carbocycles. The van der Waals surface area contributed by atoms with Crippen molar-refractivity contribution in [1.82, 2.24) is 0 Å². The highest BCUT2D eigenvalue weighted by Crippen LogP contribution is 2.30. The highest BCUT2D eigenvalue weighted by molar-refractivity contribution is 7.93. The van der Waals surface area contributed by atoms with Gasteiger partial charge in [-0.3, -0.25) is 14.9 Å². The molecule has 172 valence electrons. The molecule has 3 aromatic rings. The van der Waals surface area contributed by atoms with Crippen LogP contribution >= 0.6 is 11.6 Å². The average Bonchev–Trinajstić information content (AvgIpc) is 2.78. The number of nitrogens with zero attached hydrogens (tertiary/aromatic N) is 2. The van der Waals surface area contributed by atoms with Crippen molar-refractivity contribution >= 4 is 38.9 Å². The lowest BCUT2D eigenvalue weighted by atomic mass is 10.1. The minimum atomic E-state index is -4.34. The molecule has 0 unspecified atom stereocenters. The van der Waals surface area contributed by atoms with Crippen LogP contribution in [0.3, 0.4) is 0 Å². The summed E-state index contributed by atoms with van der Waals surface area (Å²) < 4.78 is 27.8. The van der Waals surface area contributed by atoms with Gasteiger partial charge in [-0.1, -0.05) is 43.1 Å². The van der Waals surface area contributed by atoms with E-state index in [4.69, 9.17) is 11.6 Å². The van der Waals surface area contributed by atoms with Gasteiger partial charge >= 0.3 is 0 Å². The number of nitro benzene ring substituents is 1. The summed E-state index contributed by atoms with van der Waals surface area (Å²) >= 11 is 5.90. The number of nitro groups is 1. The Morgan fingerprint density at radius 2 is 1.67 bits per heavy atom. The van der Waals surface area contributed by atoms with Gasteiger partial charge in [-0.2, -0.15) is 4.31 Å². The first kappa shape index (κ1) is 24.4. The number of aryl methyl sites for hydroxylation is 1. The maximum Gasteiger partial charge on any atom is 0.273 e. The van der Waals surface area contributed by atoms with Crippen molar-refractivity contribution in [2.24, 2.45) is 0 Å². The van der Waals surface area contributed by atoms with Crippen LogP contribution in [0, 0.1) is 17.0 Å². The molecule has 0 saturated carbocycles. The Labute approximate surface area is 197 Å². The third-order valence-corrected chi connectivity index (χ3v) is 7.24. The zero-order chi connectivity index (χ0) is 24.2. The number of rotatable bonds is 8. The second kappa shape index (κ2) is 10.1. The van der Waals surface area contributed by atoms with Gasteiger partial charge in [0.15, 0.2) is 0 Å². The zero-order valence-corrected chi connectivity index (χ0v) is 19.8. The Hall–Kier alpha value is -3.23. The summed E-state index contributed by atoms with van der Waals surface area (Å²) in [4.78, 5) is 24.2. The molecular weight excluding hydrogens is 464 g/mol. The van der Waals surface area contributed by atoms with Gasteiger partial charge in [-0.25, -0.2) is 8.42 Å². The molecule has 3 rings (SSSR count). The molecular formula is C24H23ClN2O5S. The van der Waals surface area contributed by atoms with Gasteiger partial charge < -0.3 is 0 Å². The van der Waals surface area contributed by atoms with E-state index in [1.54, 1.807) is 24.3 Å². The van der Waals surface area contributed by atoms with E-state index < -0.39 is 20.9 Å². The third kappa shape index (κ3) is 5.23. The molecule has 0 radical (unpaired) electrons. The first-order valence-electron chi connectivity index (χ1n) is 10.3. The van der Waals surface area contributed by atoms with Crippen molar-refractivity contribution in [3.05, 3.63) is 98.6 Å². The van der Waals surface area contributed by atoms with Crippen LogP contribution in [0.5, 0.6) is 0 Å². The van der Waals surface area contributed by atoms with E-state index in [2.05, 4.69) is 6.92 Å². The number of halogens is 1. The van der Waals surface area contributed by atoms with Gasteiger partial charge in [-0.05, 0) is 67.8 Å².